The molecule has 172 valence electrons. The van der Waals surface area contributed by atoms with Crippen molar-refractivity contribution in [3.05, 3.63) is 54.7 Å². The Morgan fingerprint density at radius 2 is 2.03 bits per heavy atom. The molecule has 1 saturated carbocycles. The summed E-state index contributed by atoms with van der Waals surface area (Å²) >= 11 is 0. The molecule has 5 rings (SSSR count). The van der Waals surface area contributed by atoms with Gasteiger partial charge in [0.2, 0.25) is 5.91 Å². The number of ether oxygens (including phenoxy) is 1. The third-order valence-corrected chi connectivity index (χ3v) is 7.02. The van der Waals surface area contributed by atoms with Crippen LogP contribution in [-0.4, -0.2) is 69.8 Å². The molecule has 7 heteroatoms. The molecular weight excluding hydrogens is 416 g/mol. The Kier molecular flexibility index (Phi) is 5.81. The Morgan fingerprint density at radius 3 is 2.76 bits per heavy atom. The number of carbonyl (C=O) groups excluding carboxylic acids is 1. The number of rotatable bonds is 6. The minimum absolute atomic E-state index is 0.0587. The van der Waals surface area contributed by atoms with Gasteiger partial charge in [-0.05, 0) is 61.8 Å². The molecule has 2 aromatic carbocycles. The second kappa shape index (κ2) is 8.90. The van der Waals surface area contributed by atoms with Crippen LogP contribution in [0.25, 0.3) is 22.0 Å². The second-order valence-electron chi connectivity index (χ2n) is 9.22. The first-order valence-corrected chi connectivity index (χ1v) is 11.6. The number of nitrogens with zero attached hydrogens (tertiary/aromatic N) is 3. The highest BCUT2D eigenvalue weighted by molar-refractivity contribution is 5.90. The summed E-state index contributed by atoms with van der Waals surface area (Å²) in [6, 6.07) is 11.7. The van der Waals surface area contributed by atoms with Gasteiger partial charge in [-0.25, -0.2) is 0 Å². The minimum Gasteiger partial charge on any atom is -0.508 e. The van der Waals surface area contributed by atoms with Crippen molar-refractivity contribution in [3.63, 3.8) is 0 Å². The largest absolute Gasteiger partial charge is 0.508 e. The lowest BCUT2D eigenvalue weighted by atomic mass is 9.88. The van der Waals surface area contributed by atoms with Gasteiger partial charge in [-0.1, -0.05) is 18.2 Å². The van der Waals surface area contributed by atoms with E-state index in [0.717, 1.165) is 53.6 Å². The van der Waals surface area contributed by atoms with Crippen molar-refractivity contribution < 1.29 is 14.6 Å². The van der Waals surface area contributed by atoms with Gasteiger partial charge in [0.15, 0.2) is 0 Å². The molecule has 2 N–H and O–H groups in total. The van der Waals surface area contributed by atoms with E-state index in [4.69, 9.17) is 4.74 Å². The summed E-state index contributed by atoms with van der Waals surface area (Å²) in [6.45, 7) is 1.10. The number of H-pyrrole nitrogens is 1. The molecule has 0 spiro atoms. The number of amides is 1. The molecule has 0 bridgehead atoms. The van der Waals surface area contributed by atoms with Crippen LogP contribution in [0, 0.1) is 0 Å². The van der Waals surface area contributed by atoms with Crippen LogP contribution in [0.3, 0.4) is 0 Å². The number of hydrogen-bond donors (Lipinski definition) is 2. The van der Waals surface area contributed by atoms with E-state index in [1.807, 2.05) is 42.3 Å². The fourth-order valence-electron chi connectivity index (χ4n) is 4.74. The van der Waals surface area contributed by atoms with Crippen LogP contribution in [0.2, 0.25) is 0 Å². The van der Waals surface area contributed by atoms with E-state index in [9.17, 15) is 9.90 Å². The maximum absolute atomic E-state index is 12.6. The summed E-state index contributed by atoms with van der Waals surface area (Å²) in [7, 11) is 3.99. The van der Waals surface area contributed by atoms with E-state index in [1.54, 1.807) is 24.4 Å². The van der Waals surface area contributed by atoms with Crippen molar-refractivity contribution in [2.45, 2.75) is 43.9 Å². The molecule has 1 atom stereocenters. The highest BCUT2D eigenvalue weighted by Crippen LogP contribution is 2.36. The average Bonchev–Trinajstić information content (AvgIpc) is 3.42. The van der Waals surface area contributed by atoms with E-state index < -0.39 is 0 Å². The molecule has 1 amide bonds. The number of phenols is 1. The van der Waals surface area contributed by atoms with Gasteiger partial charge in [0, 0.05) is 38.0 Å². The fourth-order valence-corrected chi connectivity index (χ4v) is 4.74. The van der Waals surface area contributed by atoms with Gasteiger partial charge >= 0.3 is 0 Å². The first-order chi connectivity index (χ1) is 16.0. The van der Waals surface area contributed by atoms with Gasteiger partial charge in [-0.2, -0.15) is 5.10 Å². The van der Waals surface area contributed by atoms with Gasteiger partial charge in [0.25, 0.3) is 0 Å². The highest BCUT2D eigenvalue weighted by atomic mass is 16.5. The predicted octanol–water partition coefficient (Wildman–Crippen LogP) is 3.95. The van der Waals surface area contributed by atoms with Crippen LogP contribution >= 0.6 is 0 Å². The maximum atomic E-state index is 12.6. The molecule has 2 fully saturated rings. The third-order valence-electron chi connectivity index (χ3n) is 7.02. The monoisotopic (exact) mass is 446 g/mol. The minimum atomic E-state index is 0.0587. The topological polar surface area (TPSA) is 81.7 Å². The molecule has 2 aliphatic rings. The molecule has 2 heterocycles. The number of phenolic OH excluding ortho intramolecular Hbond substituents is 1. The van der Waals surface area contributed by atoms with E-state index in [0.29, 0.717) is 6.04 Å². The van der Waals surface area contributed by atoms with Crippen LogP contribution in [0.1, 0.15) is 25.7 Å². The molecule has 3 aromatic rings. The van der Waals surface area contributed by atoms with E-state index in [-0.39, 0.29) is 23.8 Å². The summed E-state index contributed by atoms with van der Waals surface area (Å²) in [5.41, 5.74) is 2.89. The number of carbonyl (C=O) groups is 1. The molecule has 33 heavy (non-hydrogen) atoms. The van der Waals surface area contributed by atoms with Crippen molar-refractivity contribution in [1.82, 2.24) is 20.0 Å². The van der Waals surface area contributed by atoms with Crippen LogP contribution in [0.4, 0.5) is 0 Å². The van der Waals surface area contributed by atoms with Gasteiger partial charge in [-0.15, -0.1) is 0 Å². The lowest BCUT2D eigenvalue weighted by molar-refractivity contribution is -0.130. The lowest BCUT2D eigenvalue weighted by Crippen LogP contribution is -2.49. The van der Waals surface area contributed by atoms with Gasteiger partial charge in [-0.3, -0.25) is 14.8 Å². The molecule has 1 aliphatic heterocycles. The SMILES string of the molecule is CN1CCC[C@H]1/C=C/C(=O)N(C)[C@H]1C[C@H](Oc2cc(-c3ccc(O)cc3)cc3[nH]ncc23)C1. The molecule has 1 aliphatic carbocycles. The highest BCUT2D eigenvalue weighted by Gasteiger charge is 2.35. The smallest absolute Gasteiger partial charge is 0.246 e. The number of likely N-dealkylation sites (tertiary alicyclic amines) is 1. The van der Waals surface area contributed by atoms with E-state index in [2.05, 4.69) is 22.1 Å². The summed E-state index contributed by atoms with van der Waals surface area (Å²) in [5, 5.41) is 17.7. The Hall–Kier alpha value is -3.32. The van der Waals surface area contributed by atoms with Crippen molar-refractivity contribution >= 4 is 16.8 Å². The van der Waals surface area contributed by atoms with Crippen molar-refractivity contribution in [3.8, 4) is 22.6 Å². The van der Waals surface area contributed by atoms with Crippen LogP contribution in [-0.2, 0) is 4.79 Å². The zero-order valence-corrected chi connectivity index (χ0v) is 19.1. The average molecular weight is 447 g/mol. The summed E-state index contributed by atoms with van der Waals surface area (Å²) < 4.78 is 6.35. The molecule has 0 radical (unpaired) electrons. The number of aromatic amines is 1. The fraction of sp³-hybridized carbons (Fsp3) is 0.385. The number of aromatic nitrogens is 2. The number of hydrogen-bond acceptors (Lipinski definition) is 5. The van der Waals surface area contributed by atoms with E-state index >= 15 is 0 Å². The van der Waals surface area contributed by atoms with Gasteiger partial charge in [0.05, 0.1) is 17.1 Å². The Morgan fingerprint density at radius 1 is 1.24 bits per heavy atom. The summed E-state index contributed by atoms with van der Waals surface area (Å²) in [4.78, 5) is 16.8. The second-order valence-corrected chi connectivity index (χ2v) is 9.22. The van der Waals surface area contributed by atoms with Crippen LogP contribution in [0.5, 0.6) is 11.5 Å². The molecule has 0 unspecified atom stereocenters. The molecular formula is C26H30N4O3. The standard InChI is InChI=1S/C26H30N4O3/c1-29-11-3-4-19(29)7-10-26(32)30(2)20-14-22(15-20)33-25-13-18(12-24-23(25)16-27-28-24)17-5-8-21(31)9-6-17/h5-10,12-13,16,19-20,22,31H,3-4,11,14-15H2,1-2H3,(H,27,28)/b10-7+/t19-,20-,22-/m0/s1. The van der Waals surface area contributed by atoms with Crippen LogP contribution < -0.4 is 4.74 Å². The zero-order valence-electron chi connectivity index (χ0n) is 19.1. The molecule has 1 saturated heterocycles. The molecule has 1 aromatic heterocycles. The number of aromatic hydroxyl groups is 1. The number of benzene rings is 2. The predicted molar refractivity (Wildman–Crippen MR) is 128 cm³/mol. The number of nitrogens with one attached hydrogen (secondary N) is 1. The van der Waals surface area contributed by atoms with Crippen molar-refractivity contribution in [2.24, 2.45) is 0 Å². The summed E-state index contributed by atoms with van der Waals surface area (Å²) in [6.07, 6.45) is 9.54. The Labute approximate surface area is 193 Å². The number of fused-ring (bicyclic) bond motifs is 1. The van der Waals surface area contributed by atoms with Gasteiger partial charge in [0.1, 0.15) is 17.6 Å². The van der Waals surface area contributed by atoms with Crippen molar-refractivity contribution in [2.75, 3.05) is 20.6 Å². The molecule has 7 nitrogen and oxygen atoms in total. The van der Waals surface area contributed by atoms with Crippen molar-refractivity contribution in [1.29, 1.82) is 0 Å². The number of likely N-dealkylation sites (N-methyl/N-ethyl adjacent to an activating group) is 2. The Balaban J connectivity index is 1.23. The van der Waals surface area contributed by atoms with Crippen LogP contribution in [0.15, 0.2) is 54.7 Å². The first kappa shape index (κ1) is 21.5. The third kappa shape index (κ3) is 4.46. The lowest BCUT2D eigenvalue weighted by Gasteiger charge is -2.40. The normalized spacial score (nSPS) is 23.2. The zero-order chi connectivity index (χ0) is 22.9. The maximum Gasteiger partial charge on any atom is 0.246 e. The quantitative estimate of drug-likeness (QED) is 0.561. The van der Waals surface area contributed by atoms with Gasteiger partial charge < -0.3 is 14.7 Å². The van der Waals surface area contributed by atoms with E-state index in [1.165, 1.54) is 6.42 Å². The Bertz CT molecular complexity index is 1160. The summed E-state index contributed by atoms with van der Waals surface area (Å²) in [5.74, 6) is 1.08. The first-order valence-electron chi connectivity index (χ1n) is 11.6.